The molecule has 0 radical (unpaired) electrons. The van der Waals surface area contributed by atoms with Gasteiger partial charge in [0.15, 0.2) is 5.75 Å². The molecule has 3 aromatic carbocycles. The second-order valence-corrected chi connectivity index (χ2v) is 11.3. The lowest BCUT2D eigenvalue weighted by Crippen LogP contribution is -2.35. The Hall–Kier alpha value is -4.60. The Morgan fingerprint density at radius 3 is 2.24 bits per heavy atom. The summed E-state index contributed by atoms with van der Waals surface area (Å²) in [7, 11) is 4.90. The Labute approximate surface area is 315 Å². The van der Waals surface area contributed by atoms with E-state index in [1.54, 1.807) is 43.4 Å². The van der Waals surface area contributed by atoms with Crippen LogP contribution >= 0.6 is 37.2 Å². The van der Waals surface area contributed by atoms with Crippen molar-refractivity contribution < 1.29 is 28.7 Å². The molecule has 0 saturated heterocycles. The number of anilines is 3. The number of carbonyl (C=O) groups is 4. The van der Waals surface area contributed by atoms with Crippen LogP contribution in [0.4, 0.5) is 17.1 Å². The average Bonchev–Trinajstić information content (AvgIpc) is 3.47. The number of aromatic amines is 1. The Balaban J connectivity index is 0.00000433. The van der Waals surface area contributed by atoms with Crippen LogP contribution in [0.5, 0.6) is 11.5 Å². The van der Waals surface area contributed by atoms with E-state index in [-0.39, 0.29) is 72.4 Å². The highest BCUT2D eigenvalue weighted by molar-refractivity contribution is 6.15. The lowest BCUT2D eigenvalue weighted by Gasteiger charge is -2.19. The minimum absolute atomic E-state index is 0. The van der Waals surface area contributed by atoms with E-state index < -0.39 is 17.7 Å². The molecule has 0 aliphatic carbocycles. The number of carbonyl (C=O) groups excluding carboxylic acids is 4. The molecule has 0 spiro atoms. The summed E-state index contributed by atoms with van der Waals surface area (Å²) < 4.78 is 11.7. The summed E-state index contributed by atoms with van der Waals surface area (Å²) in [5, 5.41) is 9.99. The molecule has 1 heterocycles. The van der Waals surface area contributed by atoms with Crippen molar-refractivity contribution in [3.05, 3.63) is 71.0 Å². The maximum Gasteiger partial charge on any atom is 0.258 e. The third-order valence-corrected chi connectivity index (χ3v) is 7.19. The van der Waals surface area contributed by atoms with Gasteiger partial charge in [-0.3, -0.25) is 24.6 Å². The van der Waals surface area contributed by atoms with Crippen molar-refractivity contribution in [3.8, 4) is 11.5 Å². The molecule has 0 aliphatic heterocycles. The molecule has 0 bridgehead atoms. The summed E-state index contributed by atoms with van der Waals surface area (Å²) >= 11 is 0. The summed E-state index contributed by atoms with van der Waals surface area (Å²) in [5.41, 5.74) is 11.6. The van der Waals surface area contributed by atoms with E-state index in [4.69, 9.17) is 15.2 Å². The fourth-order valence-corrected chi connectivity index (χ4v) is 5.03. The Morgan fingerprint density at radius 1 is 0.882 bits per heavy atom. The average molecular weight is 768 g/mol. The topological polar surface area (TPSA) is 193 Å². The van der Waals surface area contributed by atoms with Crippen molar-refractivity contribution in [1.29, 1.82) is 0 Å². The molecular formula is C34H45Cl3N8O6. The Bertz CT molecular complexity index is 1820. The number of hydrazine groups is 1. The first-order valence-electron chi connectivity index (χ1n) is 15.5. The van der Waals surface area contributed by atoms with E-state index in [0.29, 0.717) is 46.9 Å². The number of rotatable bonds is 15. The number of nitrogens with one attached hydrogen (secondary N) is 5. The third kappa shape index (κ3) is 12.0. The van der Waals surface area contributed by atoms with Crippen LogP contribution in [0.25, 0.3) is 11.0 Å². The fraction of sp³-hybridized carbons (Fsp3) is 0.324. The Morgan fingerprint density at radius 2 is 1.57 bits per heavy atom. The highest BCUT2D eigenvalue weighted by Gasteiger charge is 2.23. The third-order valence-electron chi connectivity index (χ3n) is 7.19. The molecule has 0 fully saturated rings. The zero-order chi connectivity index (χ0) is 34.8. The van der Waals surface area contributed by atoms with Gasteiger partial charge in [0.25, 0.3) is 11.8 Å². The molecule has 0 saturated carbocycles. The predicted octanol–water partition coefficient (Wildman–Crippen LogP) is 5.60. The number of amides is 4. The van der Waals surface area contributed by atoms with Crippen molar-refractivity contribution in [2.75, 3.05) is 43.8 Å². The smallest absolute Gasteiger partial charge is 0.258 e. The first-order chi connectivity index (χ1) is 23.0. The van der Waals surface area contributed by atoms with Gasteiger partial charge in [0, 0.05) is 27.4 Å². The zero-order valence-corrected chi connectivity index (χ0v) is 31.5. The molecule has 4 aromatic rings. The maximum absolute atomic E-state index is 13.7. The van der Waals surface area contributed by atoms with Crippen molar-refractivity contribution in [3.63, 3.8) is 0 Å². The molecule has 4 rings (SSSR count). The number of benzene rings is 3. The van der Waals surface area contributed by atoms with Gasteiger partial charge in [0.2, 0.25) is 11.8 Å². The number of nitrogens with zero attached hydrogens (tertiary/aromatic N) is 2. The Kier molecular flexibility index (Phi) is 18.2. The minimum atomic E-state index is -0.536. The standard InChI is InChI=1S/C34H42N8O6.3ClH/c1-20-13-15-24(27(18-20)48-17-8-6-7-12-29(44)41-42(3)4)38-34(46)23-14-16-26(32(47-5)31(23)36-21(2)43)39-33(45)22-10-9-11-25-30(22)40-28(19-35)37-25;;;/h9-11,13-16,18H,6-8,12,17,19,35H2,1-5H3,(H,36,43)(H,37,40)(H,38,46)(H,39,45)(H,41,44);3*1H. The number of halogens is 3. The number of H-pyrrole nitrogens is 1. The molecule has 278 valence electrons. The second-order valence-electron chi connectivity index (χ2n) is 11.3. The summed E-state index contributed by atoms with van der Waals surface area (Å²) in [4.78, 5) is 58.7. The summed E-state index contributed by atoms with van der Waals surface area (Å²) in [5.74, 6) is -0.388. The van der Waals surface area contributed by atoms with Crippen molar-refractivity contribution >= 4 is 88.9 Å². The first kappa shape index (κ1) is 44.4. The SMILES string of the molecule is COc1c(NC(=O)c2cccc3[nH]c(CN)nc23)ccc(C(=O)Nc2ccc(C)cc2OCCCCCC(=O)NN(C)C)c1NC(C)=O.Cl.Cl.Cl. The molecule has 1 aromatic heterocycles. The van der Waals surface area contributed by atoms with Gasteiger partial charge in [-0.25, -0.2) is 9.99 Å². The molecule has 7 N–H and O–H groups in total. The van der Waals surface area contributed by atoms with E-state index in [9.17, 15) is 19.2 Å². The van der Waals surface area contributed by atoms with Crippen LogP contribution in [0.2, 0.25) is 0 Å². The molecule has 51 heavy (non-hydrogen) atoms. The largest absolute Gasteiger partial charge is 0.492 e. The van der Waals surface area contributed by atoms with Crippen LogP contribution in [0.1, 0.15) is 64.7 Å². The van der Waals surface area contributed by atoms with Crippen molar-refractivity contribution in [1.82, 2.24) is 20.4 Å². The number of fused-ring (bicyclic) bond motifs is 1. The van der Waals surface area contributed by atoms with E-state index in [0.717, 1.165) is 24.8 Å². The molecular weight excluding hydrogens is 723 g/mol. The van der Waals surface area contributed by atoms with E-state index in [1.165, 1.54) is 26.2 Å². The van der Waals surface area contributed by atoms with Gasteiger partial charge in [-0.15, -0.1) is 37.2 Å². The van der Waals surface area contributed by atoms with Crippen LogP contribution in [-0.2, 0) is 16.1 Å². The first-order valence-corrected chi connectivity index (χ1v) is 15.5. The summed E-state index contributed by atoms with van der Waals surface area (Å²) in [6.07, 6.45) is 2.65. The summed E-state index contributed by atoms with van der Waals surface area (Å²) in [6, 6.07) is 13.6. The highest BCUT2D eigenvalue weighted by atomic mass is 35.5. The molecule has 0 aliphatic rings. The number of imidazole rings is 1. The number of hydrogen-bond acceptors (Lipinski definition) is 9. The molecule has 0 atom stereocenters. The molecule has 17 heteroatoms. The van der Waals surface area contributed by atoms with Crippen molar-refractivity contribution in [2.24, 2.45) is 5.73 Å². The normalized spacial score (nSPS) is 10.3. The number of unbranched alkanes of at least 4 members (excludes halogenated alkanes) is 2. The van der Waals surface area contributed by atoms with Gasteiger partial charge < -0.3 is 36.1 Å². The van der Waals surface area contributed by atoms with Gasteiger partial charge in [0.05, 0.1) is 54.0 Å². The van der Waals surface area contributed by atoms with Crippen LogP contribution in [-0.4, -0.2) is 66.4 Å². The summed E-state index contributed by atoms with van der Waals surface area (Å²) in [6.45, 7) is 3.79. The van der Waals surface area contributed by atoms with Gasteiger partial charge in [-0.1, -0.05) is 12.1 Å². The predicted molar refractivity (Wildman–Crippen MR) is 206 cm³/mol. The minimum Gasteiger partial charge on any atom is -0.492 e. The lowest BCUT2D eigenvalue weighted by atomic mass is 10.1. The van der Waals surface area contributed by atoms with Crippen LogP contribution in [0.3, 0.4) is 0 Å². The number of methoxy groups -OCH3 is 1. The number of aryl methyl sites for hydroxylation is 1. The van der Waals surface area contributed by atoms with Crippen LogP contribution in [0, 0.1) is 6.92 Å². The highest BCUT2D eigenvalue weighted by Crippen LogP contribution is 2.38. The maximum atomic E-state index is 13.7. The zero-order valence-electron chi connectivity index (χ0n) is 29.0. The second kappa shape index (κ2) is 20.9. The lowest BCUT2D eigenvalue weighted by molar-refractivity contribution is -0.125. The van der Waals surface area contributed by atoms with Gasteiger partial charge in [-0.05, 0) is 68.1 Å². The van der Waals surface area contributed by atoms with Crippen molar-refractivity contribution in [2.45, 2.75) is 46.1 Å². The monoisotopic (exact) mass is 766 g/mol. The van der Waals surface area contributed by atoms with Gasteiger partial charge in [0.1, 0.15) is 17.1 Å². The number of nitrogens with two attached hydrogens (primary N) is 1. The fourth-order valence-electron chi connectivity index (χ4n) is 5.03. The van der Waals surface area contributed by atoms with Crippen LogP contribution in [0.15, 0.2) is 48.5 Å². The number of ether oxygens (including phenoxy) is 2. The molecule has 4 amide bonds. The van der Waals surface area contributed by atoms with E-state index in [1.807, 2.05) is 19.1 Å². The van der Waals surface area contributed by atoms with E-state index in [2.05, 4.69) is 31.3 Å². The number of aromatic nitrogens is 2. The number of para-hydroxylation sites is 1. The number of hydrogen-bond donors (Lipinski definition) is 6. The van der Waals surface area contributed by atoms with E-state index >= 15 is 0 Å². The van der Waals surface area contributed by atoms with Gasteiger partial charge in [-0.2, -0.15) is 0 Å². The molecule has 0 unspecified atom stereocenters. The molecule has 14 nitrogen and oxygen atoms in total. The van der Waals surface area contributed by atoms with Gasteiger partial charge >= 0.3 is 0 Å². The van der Waals surface area contributed by atoms with Crippen LogP contribution < -0.4 is 36.6 Å². The quantitative estimate of drug-likeness (QED) is 0.0660.